The minimum Gasteiger partial charge on any atom is -0.481 e. The molecule has 0 amide bonds. The highest BCUT2D eigenvalue weighted by molar-refractivity contribution is 5.66. The lowest BCUT2D eigenvalue weighted by Crippen LogP contribution is -2.15. The summed E-state index contributed by atoms with van der Waals surface area (Å²) in [7, 11) is 0. The van der Waals surface area contributed by atoms with Crippen molar-refractivity contribution in [2.24, 2.45) is 11.8 Å². The third kappa shape index (κ3) is 25.6. The third-order valence-corrected chi connectivity index (χ3v) is 8.65. The molecule has 0 saturated carbocycles. The first kappa shape index (κ1) is 38.7. The smallest absolute Gasteiger partial charge is 0.303 e. The van der Waals surface area contributed by atoms with Gasteiger partial charge in [0.05, 0.1) is 0 Å². The Labute approximate surface area is 249 Å². The number of aliphatic carboxylic acids is 2. The Kier molecular flexibility index (Phi) is 28.2. The van der Waals surface area contributed by atoms with Gasteiger partial charge in [-0.25, -0.2) is 0 Å². The van der Waals surface area contributed by atoms with Crippen molar-refractivity contribution >= 4 is 11.9 Å². The molecule has 2 atom stereocenters. The van der Waals surface area contributed by atoms with E-state index in [1.807, 2.05) is 0 Å². The van der Waals surface area contributed by atoms with Crippen LogP contribution in [0.3, 0.4) is 0 Å². The molecule has 0 fully saturated rings. The lowest BCUT2D eigenvalue weighted by atomic mass is 9.78. The Hall–Kier alpha value is -1.32. The van der Waals surface area contributed by atoms with Gasteiger partial charge < -0.3 is 10.2 Å². The number of unbranched alkanes of at least 4 members (excludes halogenated alkanes) is 18. The fourth-order valence-electron chi connectivity index (χ4n) is 6.06. The predicted octanol–water partition coefficient (Wildman–Crippen LogP) is 11.9. The van der Waals surface area contributed by atoms with Gasteiger partial charge in [-0.2, -0.15) is 0 Å². The van der Waals surface area contributed by atoms with Crippen molar-refractivity contribution in [2.75, 3.05) is 0 Å². The highest BCUT2D eigenvalue weighted by Gasteiger charge is 2.21. The molecule has 0 bridgehead atoms. The van der Waals surface area contributed by atoms with Gasteiger partial charge in [0.2, 0.25) is 0 Å². The van der Waals surface area contributed by atoms with Crippen molar-refractivity contribution in [3.63, 3.8) is 0 Å². The summed E-state index contributed by atoms with van der Waals surface area (Å²) in [6.07, 6.45) is 34.1. The highest BCUT2D eigenvalue weighted by atomic mass is 16.4. The van der Waals surface area contributed by atoms with E-state index in [4.69, 9.17) is 10.2 Å². The molecule has 0 aliphatic carbocycles. The van der Waals surface area contributed by atoms with E-state index in [9.17, 15) is 9.59 Å². The number of hydrogen-bond acceptors (Lipinski definition) is 2. The molecule has 2 unspecified atom stereocenters. The zero-order valence-electron chi connectivity index (χ0n) is 27.0. The summed E-state index contributed by atoms with van der Waals surface area (Å²) in [5, 5.41) is 17.7. The number of allylic oxidation sites excluding steroid dienone is 2. The lowest BCUT2D eigenvalue weighted by Gasteiger charge is -2.28. The Morgan fingerprint density at radius 3 is 1.45 bits per heavy atom. The maximum atomic E-state index is 10.7. The van der Waals surface area contributed by atoms with Gasteiger partial charge in [-0.05, 0) is 56.8 Å². The summed E-state index contributed by atoms with van der Waals surface area (Å²) in [6.45, 7) is 7.09. The molecule has 4 nitrogen and oxygen atoms in total. The standard InChI is InChI=1S/C36H68O4/c1-4-6-8-10-15-21-27-33(28-22-16-11-13-18-24-30-35(37)38)34(32(3)26-20-9-7-5-2)29-23-17-12-14-19-25-31-36(39)40/h28,32,34H,4-27,29-31H2,1-3H3,(H,37,38)(H,39,40)/b33-28+. The normalized spacial score (nSPS) is 13.4. The molecule has 0 radical (unpaired) electrons. The minimum absolute atomic E-state index is 0.308. The minimum atomic E-state index is -0.671. The van der Waals surface area contributed by atoms with Gasteiger partial charge >= 0.3 is 11.9 Å². The van der Waals surface area contributed by atoms with E-state index in [0.717, 1.165) is 44.4 Å². The average Bonchev–Trinajstić information content (AvgIpc) is 2.92. The first-order valence-corrected chi connectivity index (χ1v) is 17.5. The van der Waals surface area contributed by atoms with E-state index in [1.165, 1.54) is 122 Å². The van der Waals surface area contributed by atoms with Crippen LogP contribution in [0.2, 0.25) is 0 Å². The van der Waals surface area contributed by atoms with E-state index in [1.54, 1.807) is 5.57 Å². The molecule has 0 saturated heterocycles. The third-order valence-electron chi connectivity index (χ3n) is 8.65. The summed E-state index contributed by atoms with van der Waals surface area (Å²) >= 11 is 0. The Morgan fingerprint density at radius 2 is 0.925 bits per heavy atom. The van der Waals surface area contributed by atoms with Crippen LogP contribution in [0.4, 0.5) is 0 Å². The van der Waals surface area contributed by atoms with Crippen LogP contribution in [0.1, 0.15) is 194 Å². The molecule has 0 aromatic heterocycles. The Morgan fingerprint density at radius 1 is 0.525 bits per heavy atom. The van der Waals surface area contributed by atoms with Gasteiger partial charge in [-0.3, -0.25) is 9.59 Å². The van der Waals surface area contributed by atoms with Crippen LogP contribution in [0.25, 0.3) is 0 Å². The molecule has 236 valence electrons. The molecule has 40 heavy (non-hydrogen) atoms. The van der Waals surface area contributed by atoms with Crippen molar-refractivity contribution in [1.82, 2.24) is 0 Å². The second kappa shape index (κ2) is 29.2. The van der Waals surface area contributed by atoms with Crippen molar-refractivity contribution in [2.45, 2.75) is 194 Å². The van der Waals surface area contributed by atoms with Crippen molar-refractivity contribution in [3.8, 4) is 0 Å². The second-order valence-electron chi connectivity index (χ2n) is 12.5. The largest absolute Gasteiger partial charge is 0.481 e. The van der Waals surface area contributed by atoms with E-state index >= 15 is 0 Å². The first-order valence-electron chi connectivity index (χ1n) is 17.5. The number of hydrogen-bond donors (Lipinski definition) is 2. The molecule has 0 spiro atoms. The van der Waals surface area contributed by atoms with Crippen LogP contribution < -0.4 is 0 Å². The molecule has 0 aromatic carbocycles. The van der Waals surface area contributed by atoms with E-state index in [-0.39, 0.29) is 0 Å². The first-order chi connectivity index (χ1) is 19.4. The maximum absolute atomic E-state index is 10.7. The summed E-state index contributed by atoms with van der Waals surface area (Å²) in [6, 6.07) is 0. The van der Waals surface area contributed by atoms with Gasteiger partial charge in [-0.15, -0.1) is 0 Å². The van der Waals surface area contributed by atoms with Crippen LogP contribution in [-0.2, 0) is 9.59 Å². The predicted molar refractivity (Wildman–Crippen MR) is 172 cm³/mol. The van der Waals surface area contributed by atoms with E-state index in [0.29, 0.717) is 18.8 Å². The second-order valence-corrected chi connectivity index (χ2v) is 12.5. The topological polar surface area (TPSA) is 74.6 Å². The zero-order chi connectivity index (χ0) is 29.7. The molecule has 0 aliphatic rings. The quantitative estimate of drug-likeness (QED) is 0.0648. The lowest BCUT2D eigenvalue weighted by molar-refractivity contribution is -0.138. The molecular weight excluding hydrogens is 496 g/mol. The Bertz CT molecular complexity index is 612. The molecule has 0 heterocycles. The zero-order valence-corrected chi connectivity index (χ0v) is 27.0. The number of carboxylic acids is 2. The van der Waals surface area contributed by atoms with Gasteiger partial charge in [0.15, 0.2) is 0 Å². The van der Waals surface area contributed by atoms with Crippen molar-refractivity contribution in [3.05, 3.63) is 11.6 Å². The van der Waals surface area contributed by atoms with Gasteiger partial charge in [0, 0.05) is 12.8 Å². The fourth-order valence-corrected chi connectivity index (χ4v) is 6.06. The molecule has 2 N–H and O–H groups in total. The number of rotatable bonds is 31. The summed E-state index contributed by atoms with van der Waals surface area (Å²) < 4.78 is 0. The van der Waals surface area contributed by atoms with E-state index in [2.05, 4.69) is 26.8 Å². The van der Waals surface area contributed by atoms with Crippen LogP contribution >= 0.6 is 0 Å². The SMILES string of the molecule is CCCCCCCC/C(=C\CCCCCCCC(=O)O)C(CCCCCCCCC(=O)O)C(C)CCCCCC. The molecular formula is C36H68O4. The van der Waals surface area contributed by atoms with Gasteiger partial charge in [0.1, 0.15) is 0 Å². The van der Waals surface area contributed by atoms with Gasteiger partial charge in [0.25, 0.3) is 0 Å². The van der Waals surface area contributed by atoms with Crippen LogP contribution in [-0.4, -0.2) is 22.2 Å². The van der Waals surface area contributed by atoms with Crippen LogP contribution in [0.5, 0.6) is 0 Å². The molecule has 4 heteroatoms. The number of carbonyl (C=O) groups is 2. The van der Waals surface area contributed by atoms with Crippen LogP contribution in [0.15, 0.2) is 11.6 Å². The fraction of sp³-hybridized carbons (Fsp3) is 0.889. The molecule has 0 rings (SSSR count). The van der Waals surface area contributed by atoms with Crippen molar-refractivity contribution < 1.29 is 19.8 Å². The van der Waals surface area contributed by atoms with Crippen molar-refractivity contribution in [1.29, 1.82) is 0 Å². The number of carboxylic acid groups (broad SMARTS) is 2. The maximum Gasteiger partial charge on any atom is 0.303 e. The summed E-state index contributed by atoms with van der Waals surface area (Å²) in [5.74, 6) is 0.114. The highest BCUT2D eigenvalue weighted by Crippen LogP contribution is 2.34. The van der Waals surface area contributed by atoms with Crippen LogP contribution in [0, 0.1) is 11.8 Å². The summed E-state index contributed by atoms with van der Waals surface area (Å²) in [5.41, 5.74) is 1.74. The molecule has 0 aromatic rings. The Balaban J connectivity index is 5.00. The monoisotopic (exact) mass is 565 g/mol. The van der Waals surface area contributed by atoms with Gasteiger partial charge in [-0.1, -0.05) is 148 Å². The molecule has 0 aliphatic heterocycles. The van der Waals surface area contributed by atoms with E-state index < -0.39 is 11.9 Å². The average molecular weight is 565 g/mol. The summed E-state index contributed by atoms with van der Waals surface area (Å²) in [4.78, 5) is 21.5.